The molecule has 0 amide bonds. The summed E-state index contributed by atoms with van der Waals surface area (Å²) >= 11 is 0. The molecule has 2 heteroatoms. The topological polar surface area (TPSA) is 24.1 Å². The summed E-state index contributed by atoms with van der Waals surface area (Å²) < 4.78 is 0. The van der Waals surface area contributed by atoms with Crippen LogP contribution in [0.5, 0.6) is 0 Å². The van der Waals surface area contributed by atoms with Crippen LogP contribution in [0, 0.1) is 0 Å². The molecule has 0 aromatic heterocycles. The van der Waals surface area contributed by atoms with Crippen molar-refractivity contribution in [2.45, 2.75) is 181 Å². The molecule has 0 spiro atoms. The third-order valence-electron chi connectivity index (χ3n) is 7.69. The van der Waals surface area contributed by atoms with E-state index in [1.807, 2.05) is 0 Å². The second-order valence-corrected chi connectivity index (χ2v) is 11.7. The van der Waals surface area contributed by atoms with Gasteiger partial charge in [0, 0.05) is 0 Å². The molecule has 0 aromatic rings. The van der Waals surface area contributed by atoms with Crippen LogP contribution in [0.25, 0.3) is 0 Å². The van der Waals surface area contributed by atoms with Gasteiger partial charge < -0.3 is 10.6 Å². The number of rotatable bonds is 33. The van der Waals surface area contributed by atoms with Crippen LogP contribution in [0.1, 0.15) is 181 Å². The van der Waals surface area contributed by atoms with Gasteiger partial charge in [-0.15, -0.1) is 0 Å². The first kappa shape index (κ1) is 37.4. The van der Waals surface area contributed by atoms with E-state index in [2.05, 4.69) is 48.8 Å². The molecule has 2 N–H and O–H groups in total. The average Bonchev–Trinajstić information content (AvgIpc) is 2.93. The largest absolute Gasteiger partial charge is 0.317 e. The quantitative estimate of drug-likeness (QED) is 0.0648. The van der Waals surface area contributed by atoms with Gasteiger partial charge in [0.05, 0.1) is 0 Å². The van der Waals surface area contributed by atoms with Crippen molar-refractivity contribution < 1.29 is 0 Å². The Balaban J connectivity index is 3.09. The summed E-state index contributed by atoms with van der Waals surface area (Å²) in [5.74, 6) is 0. The molecular formula is C36H72N2. The molecule has 0 rings (SSSR count). The van der Waals surface area contributed by atoms with Gasteiger partial charge in [0.2, 0.25) is 0 Å². The minimum atomic E-state index is 1.19. The molecule has 0 heterocycles. The van der Waals surface area contributed by atoms with E-state index in [-0.39, 0.29) is 0 Å². The number of hydrogen-bond acceptors (Lipinski definition) is 2. The summed E-state index contributed by atoms with van der Waals surface area (Å²) in [6.45, 7) is 9.37. The van der Waals surface area contributed by atoms with Crippen LogP contribution in [0.2, 0.25) is 0 Å². The molecule has 0 aliphatic heterocycles. The Labute approximate surface area is 241 Å². The van der Waals surface area contributed by atoms with Crippen LogP contribution in [0.3, 0.4) is 0 Å². The maximum Gasteiger partial charge on any atom is -0.00484 e. The maximum atomic E-state index is 3.64. The van der Waals surface area contributed by atoms with Crippen molar-refractivity contribution in [2.24, 2.45) is 0 Å². The predicted molar refractivity (Wildman–Crippen MR) is 175 cm³/mol. The van der Waals surface area contributed by atoms with E-state index >= 15 is 0 Å². The van der Waals surface area contributed by atoms with Crippen LogP contribution in [-0.4, -0.2) is 26.2 Å². The van der Waals surface area contributed by atoms with Crippen molar-refractivity contribution >= 4 is 0 Å². The zero-order chi connectivity index (χ0) is 27.5. The molecule has 226 valence electrons. The van der Waals surface area contributed by atoms with Gasteiger partial charge in [0.1, 0.15) is 0 Å². The van der Waals surface area contributed by atoms with Gasteiger partial charge in [-0.05, 0) is 103 Å². The summed E-state index contributed by atoms with van der Waals surface area (Å²) in [6, 6.07) is 0. The maximum absolute atomic E-state index is 3.64. The first-order valence-electron chi connectivity index (χ1n) is 17.6. The second-order valence-electron chi connectivity index (χ2n) is 11.7. The summed E-state index contributed by atoms with van der Waals surface area (Å²) in [5, 5.41) is 7.28. The predicted octanol–water partition coefficient (Wildman–Crippen LogP) is 11.5. The van der Waals surface area contributed by atoms with Gasteiger partial charge in [-0.2, -0.15) is 0 Å². The van der Waals surface area contributed by atoms with Crippen molar-refractivity contribution in [1.29, 1.82) is 0 Å². The lowest BCUT2D eigenvalue weighted by molar-refractivity contribution is 0.543. The molecule has 0 fully saturated rings. The molecule has 2 nitrogen and oxygen atoms in total. The van der Waals surface area contributed by atoms with E-state index in [1.54, 1.807) is 0 Å². The first-order valence-corrected chi connectivity index (χ1v) is 17.6. The van der Waals surface area contributed by atoms with Crippen molar-refractivity contribution in [3.8, 4) is 0 Å². The monoisotopic (exact) mass is 533 g/mol. The van der Waals surface area contributed by atoms with E-state index in [9.17, 15) is 0 Å². The molecule has 0 radical (unpaired) electrons. The van der Waals surface area contributed by atoms with E-state index in [1.165, 1.54) is 193 Å². The van der Waals surface area contributed by atoms with Crippen LogP contribution >= 0.6 is 0 Å². The van der Waals surface area contributed by atoms with E-state index < -0.39 is 0 Å². The van der Waals surface area contributed by atoms with Gasteiger partial charge >= 0.3 is 0 Å². The zero-order valence-corrected chi connectivity index (χ0v) is 26.5. The van der Waals surface area contributed by atoms with Crippen LogP contribution in [0.15, 0.2) is 24.3 Å². The Morgan fingerprint density at radius 2 is 0.526 bits per heavy atom. The normalized spacial score (nSPS) is 11.9. The molecule has 0 saturated heterocycles. The highest BCUT2D eigenvalue weighted by Gasteiger charge is 1.94. The van der Waals surface area contributed by atoms with Gasteiger partial charge in [-0.1, -0.05) is 128 Å². The molecule has 0 aliphatic carbocycles. The molecule has 0 aromatic carbocycles. The van der Waals surface area contributed by atoms with Gasteiger partial charge in [-0.25, -0.2) is 0 Å². The number of allylic oxidation sites excluding steroid dienone is 4. The van der Waals surface area contributed by atoms with Crippen molar-refractivity contribution in [3.05, 3.63) is 24.3 Å². The van der Waals surface area contributed by atoms with Crippen molar-refractivity contribution in [2.75, 3.05) is 26.2 Å². The molecule has 0 saturated carbocycles. The minimum Gasteiger partial charge on any atom is -0.317 e. The SMILES string of the molecule is CCCCCCCCC=CCCCCCCNCCCCNCCCCCCC=CCCCCCCCC. The average molecular weight is 533 g/mol. The Bertz CT molecular complexity index is 414. The third-order valence-corrected chi connectivity index (χ3v) is 7.69. The molecule has 0 atom stereocenters. The molecule has 0 unspecified atom stereocenters. The number of nitrogens with one attached hydrogen (secondary N) is 2. The fourth-order valence-corrected chi connectivity index (χ4v) is 5.04. The van der Waals surface area contributed by atoms with Crippen LogP contribution in [-0.2, 0) is 0 Å². The fourth-order valence-electron chi connectivity index (χ4n) is 5.04. The Morgan fingerprint density at radius 1 is 0.289 bits per heavy atom. The summed E-state index contributed by atoms with van der Waals surface area (Å²) in [7, 11) is 0. The lowest BCUT2D eigenvalue weighted by atomic mass is 10.1. The highest BCUT2D eigenvalue weighted by molar-refractivity contribution is 4.82. The van der Waals surface area contributed by atoms with Crippen molar-refractivity contribution in [3.63, 3.8) is 0 Å². The number of unbranched alkanes of at least 4 members (excludes halogenated alkanes) is 21. The Hall–Kier alpha value is -0.600. The van der Waals surface area contributed by atoms with E-state index in [0.717, 1.165) is 0 Å². The number of hydrogen-bond donors (Lipinski definition) is 2. The Morgan fingerprint density at radius 3 is 0.842 bits per heavy atom. The summed E-state index contributed by atoms with van der Waals surface area (Å²) in [5.41, 5.74) is 0. The van der Waals surface area contributed by atoms with Crippen molar-refractivity contribution in [1.82, 2.24) is 10.6 Å². The fraction of sp³-hybridized carbons (Fsp3) is 0.889. The first-order chi connectivity index (χ1) is 18.9. The molecule has 0 aliphatic rings. The van der Waals surface area contributed by atoms with Gasteiger partial charge in [0.15, 0.2) is 0 Å². The molecular weight excluding hydrogens is 460 g/mol. The second kappa shape index (κ2) is 36.4. The lowest BCUT2D eigenvalue weighted by Crippen LogP contribution is -2.20. The standard InChI is InChI=1S/C36H72N2/c1-3-5-7-9-11-13-15-17-19-21-23-25-27-29-33-37-35-31-32-36-38-34-30-28-26-24-22-20-18-16-14-12-10-8-6-4-2/h17-20,37-38H,3-16,21-36H2,1-2H3. The van der Waals surface area contributed by atoms with E-state index in [0.29, 0.717) is 0 Å². The smallest absolute Gasteiger partial charge is 0.00484 e. The highest BCUT2D eigenvalue weighted by atomic mass is 14.9. The summed E-state index contributed by atoms with van der Waals surface area (Å²) in [6.07, 6.45) is 45.4. The third kappa shape index (κ3) is 35.4. The Kier molecular flexibility index (Phi) is 35.8. The van der Waals surface area contributed by atoms with Crippen LogP contribution < -0.4 is 10.6 Å². The molecule has 0 bridgehead atoms. The minimum absolute atomic E-state index is 1.19. The van der Waals surface area contributed by atoms with Gasteiger partial charge in [0.25, 0.3) is 0 Å². The van der Waals surface area contributed by atoms with E-state index in [4.69, 9.17) is 0 Å². The van der Waals surface area contributed by atoms with Gasteiger partial charge in [-0.3, -0.25) is 0 Å². The van der Waals surface area contributed by atoms with Crippen LogP contribution in [0.4, 0.5) is 0 Å². The molecule has 38 heavy (non-hydrogen) atoms. The summed E-state index contributed by atoms with van der Waals surface area (Å²) in [4.78, 5) is 0. The lowest BCUT2D eigenvalue weighted by Gasteiger charge is -2.06. The zero-order valence-electron chi connectivity index (χ0n) is 26.5. The highest BCUT2D eigenvalue weighted by Crippen LogP contribution is 2.10.